The maximum absolute atomic E-state index is 5.96. The van der Waals surface area contributed by atoms with E-state index < -0.39 is 0 Å². The summed E-state index contributed by atoms with van der Waals surface area (Å²) in [7, 11) is 0. The summed E-state index contributed by atoms with van der Waals surface area (Å²) in [6.07, 6.45) is 9.48. The number of hydrogen-bond donors (Lipinski definition) is 2. The van der Waals surface area contributed by atoms with Crippen molar-refractivity contribution in [3.8, 4) is 0 Å². The van der Waals surface area contributed by atoms with E-state index in [2.05, 4.69) is 28.8 Å². The van der Waals surface area contributed by atoms with Crippen LogP contribution in [0.5, 0.6) is 0 Å². The number of benzene rings is 1. The van der Waals surface area contributed by atoms with Crippen molar-refractivity contribution in [3.05, 3.63) is 29.3 Å². The molecule has 3 nitrogen and oxygen atoms in total. The van der Waals surface area contributed by atoms with Gasteiger partial charge in [0.05, 0.1) is 6.10 Å². The average molecular weight is 288 g/mol. The smallest absolute Gasteiger partial charge is 0.0575 e. The fourth-order valence-corrected chi connectivity index (χ4v) is 3.46. The molecule has 0 bridgehead atoms. The largest absolute Gasteiger partial charge is 0.384 e. The third-order valence-corrected chi connectivity index (χ3v) is 4.65. The van der Waals surface area contributed by atoms with E-state index in [1.165, 1.54) is 55.3 Å². The van der Waals surface area contributed by atoms with Gasteiger partial charge in [-0.05, 0) is 43.4 Å². The highest BCUT2D eigenvalue weighted by atomic mass is 16.5. The Morgan fingerprint density at radius 1 is 1.19 bits per heavy atom. The fraction of sp³-hybridized carbons (Fsp3) is 0.667. The van der Waals surface area contributed by atoms with Gasteiger partial charge in [-0.15, -0.1) is 0 Å². The Balaban J connectivity index is 1.31. The van der Waals surface area contributed by atoms with Gasteiger partial charge in [0, 0.05) is 25.4 Å². The Hall–Kier alpha value is -1.06. The first-order chi connectivity index (χ1) is 10.4. The van der Waals surface area contributed by atoms with E-state index in [9.17, 15) is 0 Å². The van der Waals surface area contributed by atoms with Gasteiger partial charge in [-0.25, -0.2) is 0 Å². The predicted octanol–water partition coefficient (Wildman–Crippen LogP) is 3.48. The maximum atomic E-state index is 5.96. The van der Waals surface area contributed by atoms with E-state index in [4.69, 9.17) is 4.74 Å². The van der Waals surface area contributed by atoms with Crippen LogP contribution < -0.4 is 10.6 Å². The van der Waals surface area contributed by atoms with Crippen LogP contribution in [-0.4, -0.2) is 25.8 Å². The van der Waals surface area contributed by atoms with Crippen molar-refractivity contribution < 1.29 is 4.74 Å². The Kier molecular flexibility index (Phi) is 5.53. The monoisotopic (exact) mass is 288 g/mol. The van der Waals surface area contributed by atoms with Crippen molar-refractivity contribution in [2.45, 2.75) is 57.6 Å². The fourth-order valence-electron chi connectivity index (χ4n) is 3.46. The second-order valence-electron chi connectivity index (χ2n) is 6.29. The Labute approximate surface area is 128 Å². The number of fused-ring (bicyclic) bond motifs is 1. The predicted molar refractivity (Wildman–Crippen MR) is 87.8 cm³/mol. The standard InChI is InChI=1S/C18H28N2O/c1-2-8-17(9-3-1)21-13-5-11-19-14-16-7-4-6-15-10-12-20-18(15)16/h4,6-7,17,19-20H,1-3,5,8-14H2. The van der Waals surface area contributed by atoms with Gasteiger partial charge in [0.25, 0.3) is 0 Å². The van der Waals surface area contributed by atoms with Crippen LogP contribution in [0.4, 0.5) is 5.69 Å². The first kappa shape index (κ1) is 14.9. The minimum atomic E-state index is 0.542. The molecule has 3 heteroatoms. The van der Waals surface area contributed by atoms with Crippen molar-refractivity contribution in [1.82, 2.24) is 5.32 Å². The number of para-hydroxylation sites is 1. The van der Waals surface area contributed by atoms with Crippen LogP contribution in [0, 0.1) is 0 Å². The molecule has 2 N–H and O–H groups in total. The molecule has 0 atom stereocenters. The summed E-state index contributed by atoms with van der Waals surface area (Å²) in [6, 6.07) is 6.63. The number of ether oxygens (including phenoxy) is 1. The summed E-state index contributed by atoms with van der Waals surface area (Å²) >= 11 is 0. The summed E-state index contributed by atoms with van der Waals surface area (Å²) in [6.45, 7) is 3.99. The van der Waals surface area contributed by atoms with E-state index >= 15 is 0 Å². The Morgan fingerprint density at radius 3 is 3.00 bits per heavy atom. The van der Waals surface area contributed by atoms with E-state index in [-0.39, 0.29) is 0 Å². The lowest BCUT2D eigenvalue weighted by atomic mass is 9.98. The Morgan fingerprint density at radius 2 is 2.10 bits per heavy atom. The molecular weight excluding hydrogens is 260 g/mol. The molecule has 0 saturated heterocycles. The molecule has 1 aromatic carbocycles. The van der Waals surface area contributed by atoms with E-state index in [0.717, 1.165) is 32.7 Å². The molecule has 0 radical (unpaired) electrons. The number of anilines is 1. The molecule has 0 aromatic heterocycles. The summed E-state index contributed by atoms with van der Waals surface area (Å²) in [4.78, 5) is 0. The molecule has 116 valence electrons. The molecule has 1 aliphatic carbocycles. The SMILES string of the molecule is c1cc2c(c(CNCCCOC3CCCCC3)c1)NCC2. The number of rotatable bonds is 7. The maximum Gasteiger partial charge on any atom is 0.0575 e. The summed E-state index contributed by atoms with van der Waals surface area (Å²) in [5.41, 5.74) is 4.23. The first-order valence-corrected chi connectivity index (χ1v) is 8.60. The van der Waals surface area contributed by atoms with Crippen molar-refractivity contribution in [2.75, 3.05) is 25.0 Å². The minimum Gasteiger partial charge on any atom is -0.384 e. The lowest BCUT2D eigenvalue weighted by Gasteiger charge is -2.22. The minimum absolute atomic E-state index is 0.542. The molecule has 0 unspecified atom stereocenters. The summed E-state index contributed by atoms with van der Waals surface area (Å²) in [5.74, 6) is 0. The van der Waals surface area contributed by atoms with Gasteiger partial charge >= 0.3 is 0 Å². The molecule has 1 heterocycles. The summed E-state index contributed by atoms with van der Waals surface area (Å²) in [5, 5.41) is 7.05. The normalized spacial score (nSPS) is 18.5. The van der Waals surface area contributed by atoms with Gasteiger partial charge in [-0.1, -0.05) is 37.5 Å². The van der Waals surface area contributed by atoms with Gasteiger partial charge < -0.3 is 15.4 Å². The lowest BCUT2D eigenvalue weighted by Crippen LogP contribution is -2.21. The third kappa shape index (κ3) is 4.21. The summed E-state index contributed by atoms with van der Waals surface area (Å²) < 4.78 is 5.96. The highest BCUT2D eigenvalue weighted by Gasteiger charge is 2.14. The second kappa shape index (κ2) is 7.81. The first-order valence-electron chi connectivity index (χ1n) is 8.60. The molecule has 2 aliphatic rings. The van der Waals surface area contributed by atoms with Crippen LogP contribution in [0.3, 0.4) is 0 Å². The van der Waals surface area contributed by atoms with Crippen LogP contribution in [-0.2, 0) is 17.7 Å². The molecule has 1 aliphatic heterocycles. The van der Waals surface area contributed by atoms with Crippen molar-refractivity contribution in [2.24, 2.45) is 0 Å². The molecule has 1 saturated carbocycles. The van der Waals surface area contributed by atoms with Gasteiger partial charge in [-0.3, -0.25) is 0 Å². The van der Waals surface area contributed by atoms with Crippen LogP contribution in [0.2, 0.25) is 0 Å². The zero-order valence-electron chi connectivity index (χ0n) is 13.0. The zero-order chi connectivity index (χ0) is 14.3. The molecular formula is C18H28N2O. The van der Waals surface area contributed by atoms with Gasteiger partial charge in [0.15, 0.2) is 0 Å². The van der Waals surface area contributed by atoms with Crippen LogP contribution >= 0.6 is 0 Å². The van der Waals surface area contributed by atoms with Crippen molar-refractivity contribution >= 4 is 5.69 Å². The number of nitrogens with one attached hydrogen (secondary N) is 2. The lowest BCUT2D eigenvalue weighted by molar-refractivity contribution is 0.0273. The topological polar surface area (TPSA) is 33.3 Å². The highest BCUT2D eigenvalue weighted by molar-refractivity contribution is 5.61. The molecule has 1 aromatic rings. The molecule has 0 spiro atoms. The van der Waals surface area contributed by atoms with Gasteiger partial charge in [-0.2, -0.15) is 0 Å². The highest BCUT2D eigenvalue weighted by Crippen LogP contribution is 2.26. The zero-order valence-corrected chi connectivity index (χ0v) is 13.0. The van der Waals surface area contributed by atoms with Crippen molar-refractivity contribution in [1.29, 1.82) is 0 Å². The second-order valence-corrected chi connectivity index (χ2v) is 6.29. The van der Waals surface area contributed by atoms with E-state index in [0.29, 0.717) is 6.10 Å². The van der Waals surface area contributed by atoms with Crippen LogP contribution in [0.1, 0.15) is 49.7 Å². The Bertz CT molecular complexity index is 441. The van der Waals surface area contributed by atoms with Crippen LogP contribution in [0.15, 0.2) is 18.2 Å². The molecule has 1 fully saturated rings. The molecule has 0 amide bonds. The van der Waals surface area contributed by atoms with E-state index in [1.807, 2.05) is 0 Å². The quantitative estimate of drug-likeness (QED) is 0.754. The average Bonchev–Trinajstić information content (AvgIpc) is 3.01. The molecule has 21 heavy (non-hydrogen) atoms. The number of hydrogen-bond acceptors (Lipinski definition) is 3. The van der Waals surface area contributed by atoms with E-state index in [1.54, 1.807) is 0 Å². The van der Waals surface area contributed by atoms with Gasteiger partial charge in [0.2, 0.25) is 0 Å². The van der Waals surface area contributed by atoms with Gasteiger partial charge in [0.1, 0.15) is 0 Å². The molecule has 3 rings (SSSR count). The third-order valence-electron chi connectivity index (χ3n) is 4.65. The van der Waals surface area contributed by atoms with Crippen molar-refractivity contribution in [3.63, 3.8) is 0 Å². The van der Waals surface area contributed by atoms with Crippen LogP contribution in [0.25, 0.3) is 0 Å².